The average Bonchev–Trinajstić information content (AvgIpc) is 2.88. The Balaban J connectivity index is 2.09. The third-order valence-electron chi connectivity index (χ3n) is 3.64. The number of thioether (sulfide) groups is 1. The molecular formula is C14H19N3O2S. The fraction of sp³-hybridized carbons (Fsp3) is 0.500. The Morgan fingerprint density at radius 3 is 2.95 bits per heavy atom. The number of nitro groups is 1. The molecule has 1 aliphatic rings. The molecule has 0 aromatic heterocycles. The van der Waals surface area contributed by atoms with Crippen LogP contribution in [0, 0.1) is 23.0 Å². The van der Waals surface area contributed by atoms with Crippen LogP contribution in [-0.2, 0) is 0 Å². The van der Waals surface area contributed by atoms with Crippen molar-refractivity contribution in [3.63, 3.8) is 0 Å². The second kappa shape index (κ2) is 6.26. The van der Waals surface area contributed by atoms with Gasteiger partial charge in [-0.25, -0.2) is 0 Å². The van der Waals surface area contributed by atoms with Gasteiger partial charge in [-0.2, -0.15) is 0 Å². The van der Waals surface area contributed by atoms with Crippen molar-refractivity contribution < 1.29 is 4.92 Å². The summed E-state index contributed by atoms with van der Waals surface area (Å²) in [5.74, 6) is 1.59. The molecule has 1 aromatic rings. The van der Waals surface area contributed by atoms with Crippen molar-refractivity contribution in [2.24, 2.45) is 10.9 Å². The van der Waals surface area contributed by atoms with Gasteiger partial charge in [0, 0.05) is 23.6 Å². The molecule has 0 fully saturated rings. The number of non-ortho nitro benzene ring substituents is 1. The molecule has 6 heteroatoms. The maximum absolute atomic E-state index is 10.7. The maximum Gasteiger partial charge on any atom is 0.269 e. The van der Waals surface area contributed by atoms with E-state index in [1.165, 1.54) is 6.07 Å². The van der Waals surface area contributed by atoms with E-state index in [4.69, 9.17) is 0 Å². The lowest BCUT2D eigenvalue weighted by atomic mass is 10.0. The van der Waals surface area contributed by atoms with Crippen molar-refractivity contribution in [2.75, 3.05) is 11.1 Å². The van der Waals surface area contributed by atoms with E-state index in [9.17, 15) is 10.1 Å². The van der Waals surface area contributed by atoms with Gasteiger partial charge in [-0.1, -0.05) is 32.0 Å². The Kier molecular flexibility index (Phi) is 4.65. The first-order chi connectivity index (χ1) is 9.51. The number of amidine groups is 1. The van der Waals surface area contributed by atoms with E-state index in [0.717, 1.165) is 28.6 Å². The quantitative estimate of drug-likeness (QED) is 0.676. The molecule has 1 aliphatic heterocycles. The van der Waals surface area contributed by atoms with Crippen LogP contribution >= 0.6 is 11.8 Å². The van der Waals surface area contributed by atoms with Crippen molar-refractivity contribution >= 4 is 28.3 Å². The number of nitrogens with zero attached hydrogens (tertiary/aromatic N) is 2. The van der Waals surface area contributed by atoms with E-state index in [1.54, 1.807) is 23.9 Å². The lowest BCUT2D eigenvalue weighted by Crippen LogP contribution is -2.14. The SMILES string of the molecule is CC[C@@H](C)[C@H]1CSC(Nc2ccc([N+](=O)[O-])cc2C)=N1. The number of aryl methyl sites for hydroxylation is 1. The number of nitro benzene ring substituents is 1. The summed E-state index contributed by atoms with van der Waals surface area (Å²) in [4.78, 5) is 15.0. The minimum atomic E-state index is -0.377. The van der Waals surface area contributed by atoms with Crippen LogP contribution in [0.4, 0.5) is 11.4 Å². The largest absolute Gasteiger partial charge is 0.335 e. The normalized spacial score (nSPS) is 19.6. The Morgan fingerprint density at radius 1 is 1.60 bits per heavy atom. The minimum absolute atomic E-state index is 0.117. The van der Waals surface area contributed by atoms with Crippen LogP contribution in [0.1, 0.15) is 25.8 Å². The van der Waals surface area contributed by atoms with Crippen molar-refractivity contribution in [1.29, 1.82) is 0 Å². The summed E-state index contributed by atoms with van der Waals surface area (Å²) in [6.45, 7) is 6.26. The first-order valence-electron chi connectivity index (χ1n) is 6.74. The fourth-order valence-electron chi connectivity index (χ4n) is 2.04. The van der Waals surface area contributed by atoms with Crippen LogP contribution in [-0.4, -0.2) is 21.9 Å². The zero-order valence-corrected chi connectivity index (χ0v) is 12.7. The van der Waals surface area contributed by atoms with Crippen LogP contribution in [0.2, 0.25) is 0 Å². The highest BCUT2D eigenvalue weighted by Crippen LogP contribution is 2.28. The molecule has 5 nitrogen and oxygen atoms in total. The molecule has 20 heavy (non-hydrogen) atoms. The number of anilines is 1. The summed E-state index contributed by atoms with van der Waals surface area (Å²) >= 11 is 1.71. The van der Waals surface area contributed by atoms with Crippen molar-refractivity contribution in [3.8, 4) is 0 Å². The van der Waals surface area contributed by atoms with Crippen molar-refractivity contribution in [3.05, 3.63) is 33.9 Å². The van der Waals surface area contributed by atoms with Gasteiger partial charge in [-0.05, 0) is 24.5 Å². The topological polar surface area (TPSA) is 67.5 Å². The third-order valence-corrected chi connectivity index (χ3v) is 4.63. The molecule has 0 saturated heterocycles. The lowest BCUT2D eigenvalue weighted by molar-refractivity contribution is -0.384. The van der Waals surface area contributed by atoms with Gasteiger partial charge >= 0.3 is 0 Å². The van der Waals surface area contributed by atoms with Gasteiger partial charge in [0.1, 0.15) is 0 Å². The monoisotopic (exact) mass is 293 g/mol. The second-order valence-electron chi connectivity index (χ2n) is 5.08. The van der Waals surface area contributed by atoms with Gasteiger partial charge in [0.2, 0.25) is 0 Å². The summed E-state index contributed by atoms with van der Waals surface area (Å²) < 4.78 is 0. The molecule has 2 rings (SSSR count). The number of rotatable bonds is 4. The molecule has 0 amide bonds. The molecule has 1 N–H and O–H groups in total. The van der Waals surface area contributed by atoms with E-state index in [1.807, 2.05) is 6.92 Å². The molecule has 1 heterocycles. The van der Waals surface area contributed by atoms with Crippen LogP contribution in [0.15, 0.2) is 23.2 Å². The van der Waals surface area contributed by atoms with Crippen LogP contribution in [0.25, 0.3) is 0 Å². The van der Waals surface area contributed by atoms with Crippen molar-refractivity contribution in [1.82, 2.24) is 0 Å². The van der Waals surface area contributed by atoms with Gasteiger partial charge in [-0.3, -0.25) is 15.1 Å². The summed E-state index contributed by atoms with van der Waals surface area (Å²) in [6.07, 6.45) is 1.12. The molecule has 2 atom stereocenters. The van der Waals surface area contributed by atoms with E-state index < -0.39 is 0 Å². The molecule has 1 aromatic carbocycles. The smallest absolute Gasteiger partial charge is 0.269 e. The standard InChI is InChI=1S/C14H19N3O2S/c1-4-9(2)13-8-20-14(16-13)15-12-6-5-11(17(18)19)7-10(12)3/h5-7,9,13H,4,8H2,1-3H3,(H,15,16)/t9-,13-/m1/s1. The van der Waals surface area contributed by atoms with Gasteiger partial charge in [0.05, 0.1) is 11.0 Å². The molecule has 0 aliphatic carbocycles. The molecule has 0 radical (unpaired) electrons. The lowest BCUT2D eigenvalue weighted by Gasteiger charge is -2.12. The van der Waals surface area contributed by atoms with E-state index in [2.05, 4.69) is 24.2 Å². The van der Waals surface area contributed by atoms with Crippen molar-refractivity contribution in [2.45, 2.75) is 33.2 Å². The Bertz CT molecular complexity index is 545. The Labute approximate surface area is 123 Å². The first kappa shape index (κ1) is 14.8. The number of nitrogens with one attached hydrogen (secondary N) is 1. The summed E-state index contributed by atoms with van der Waals surface area (Å²) in [5.41, 5.74) is 1.85. The van der Waals surface area contributed by atoms with Crippen LogP contribution in [0.3, 0.4) is 0 Å². The average molecular weight is 293 g/mol. The number of aliphatic imine (C=N–C) groups is 1. The summed E-state index contributed by atoms with van der Waals surface area (Å²) in [5, 5.41) is 14.9. The minimum Gasteiger partial charge on any atom is -0.335 e. The number of hydrogen-bond donors (Lipinski definition) is 1. The highest BCUT2D eigenvalue weighted by Gasteiger charge is 2.23. The van der Waals surface area contributed by atoms with Crippen LogP contribution < -0.4 is 5.32 Å². The van der Waals surface area contributed by atoms with Crippen LogP contribution in [0.5, 0.6) is 0 Å². The third kappa shape index (κ3) is 3.30. The number of benzene rings is 1. The summed E-state index contributed by atoms with van der Waals surface area (Å²) in [7, 11) is 0. The molecule has 0 spiro atoms. The Hall–Kier alpha value is -1.56. The molecule has 0 unspecified atom stereocenters. The molecule has 0 saturated carbocycles. The van der Waals surface area contributed by atoms with E-state index in [0.29, 0.717) is 12.0 Å². The first-order valence-corrected chi connectivity index (χ1v) is 7.72. The highest BCUT2D eigenvalue weighted by atomic mass is 32.2. The van der Waals surface area contributed by atoms with E-state index >= 15 is 0 Å². The predicted molar refractivity (Wildman–Crippen MR) is 84.6 cm³/mol. The van der Waals surface area contributed by atoms with Gasteiger partial charge in [0.15, 0.2) is 5.17 Å². The van der Waals surface area contributed by atoms with E-state index in [-0.39, 0.29) is 10.6 Å². The molecular weight excluding hydrogens is 274 g/mol. The zero-order chi connectivity index (χ0) is 14.7. The van der Waals surface area contributed by atoms with Gasteiger partial charge < -0.3 is 5.32 Å². The predicted octanol–water partition coefficient (Wildman–Crippen LogP) is 3.83. The molecule has 108 valence electrons. The zero-order valence-electron chi connectivity index (χ0n) is 11.9. The highest BCUT2D eigenvalue weighted by molar-refractivity contribution is 8.14. The summed E-state index contributed by atoms with van der Waals surface area (Å²) in [6, 6.07) is 5.20. The Morgan fingerprint density at radius 2 is 2.35 bits per heavy atom. The second-order valence-corrected chi connectivity index (χ2v) is 6.09. The molecule has 0 bridgehead atoms. The number of hydrogen-bond acceptors (Lipinski definition) is 5. The van der Waals surface area contributed by atoms with Gasteiger partial charge in [0.25, 0.3) is 5.69 Å². The van der Waals surface area contributed by atoms with Gasteiger partial charge in [-0.15, -0.1) is 0 Å². The maximum atomic E-state index is 10.7. The fourth-order valence-corrected chi connectivity index (χ4v) is 3.16.